The van der Waals surface area contributed by atoms with E-state index < -0.39 is 10.0 Å². The van der Waals surface area contributed by atoms with Crippen molar-refractivity contribution < 1.29 is 17.9 Å². The number of benzene rings is 2. The fourth-order valence-corrected chi connectivity index (χ4v) is 4.89. The van der Waals surface area contributed by atoms with Gasteiger partial charge in [0.05, 0.1) is 11.5 Å². The van der Waals surface area contributed by atoms with E-state index in [4.69, 9.17) is 4.74 Å². The summed E-state index contributed by atoms with van der Waals surface area (Å²) in [5.41, 5.74) is 2.16. The summed E-state index contributed by atoms with van der Waals surface area (Å²) in [4.78, 5) is 14.3. The van der Waals surface area contributed by atoms with Gasteiger partial charge in [-0.1, -0.05) is 43.7 Å². The molecule has 1 aliphatic heterocycles. The van der Waals surface area contributed by atoms with Crippen molar-refractivity contribution in [2.75, 3.05) is 37.7 Å². The lowest BCUT2D eigenvalue weighted by molar-refractivity contribution is -0.143. The van der Waals surface area contributed by atoms with E-state index in [9.17, 15) is 13.2 Å². The summed E-state index contributed by atoms with van der Waals surface area (Å²) in [5, 5.41) is 0. The highest BCUT2D eigenvalue weighted by atomic mass is 32.2. The van der Waals surface area contributed by atoms with Crippen LogP contribution in [0.15, 0.2) is 59.5 Å². The summed E-state index contributed by atoms with van der Waals surface area (Å²) in [6.07, 6.45) is 2.97. The number of esters is 1. The first-order valence-electron chi connectivity index (χ1n) is 10.6. The molecule has 0 aromatic heterocycles. The van der Waals surface area contributed by atoms with Crippen LogP contribution in [0.25, 0.3) is 0 Å². The Morgan fingerprint density at radius 3 is 2.27 bits per heavy atom. The third kappa shape index (κ3) is 5.83. The number of piperazine rings is 1. The second-order valence-electron chi connectivity index (χ2n) is 7.44. The molecule has 0 atom stereocenters. The number of aryl methyl sites for hydroxylation is 1. The van der Waals surface area contributed by atoms with Gasteiger partial charge >= 0.3 is 5.97 Å². The smallest absolute Gasteiger partial charge is 0.306 e. The standard InChI is InChI=1S/C23H30N2O4S/c1-2-3-19-29-23(26)14-11-20-9-12-21(13-10-20)24-15-17-25(18-16-24)30(27,28)22-7-5-4-6-8-22/h4-10,12-13H,2-3,11,14-19H2,1H3. The lowest BCUT2D eigenvalue weighted by atomic mass is 10.1. The fourth-order valence-electron chi connectivity index (χ4n) is 3.45. The van der Waals surface area contributed by atoms with Crippen LogP contribution in [0.3, 0.4) is 0 Å². The normalized spacial score (nSPS) is 15.2. The van der Waals surface area contributed by atoms with Gasteiger partial charge in [0.1, 0.15) is 0 Å². The van der Waals surface area contributed by atoms with E-state index in [2.05, 4.69) is 11.8 Å². The van der Waals surface area contributed by atoms with Gasteiger partial charge in [-0.3, -0.25) is 4.79 Å². The first-order valence-corrected chi connectivity index (χ1v) is 12.0. The Labute approximate surface area is 179 Å². The minimum absolute atomic E-state index is 0.150. The molecule has 0 aliphatic carbocycles. The molecular weight excluding hydrogens is 400 g/mol. The molecule has 0 bridgehead atoms. The molecule has 0 spiro atoms. The van der Waals surface area contributed by atoms with Gasteiger partial charge in [-0.2, -0.15) is 4.31 Å². The average Bonchev–Trinajstić information content (AvgIpc) is 2.79. The molecule has 0 radical (unpaired) electrons. The first-order chi connectivity index (χ1) is 14.5. The van der Waals surface area contributed by atoms with Crippen LogP contribution in [0.2, 0.25) is 0 Å². The number of hydrogen-bond donors (Lipinski definition) is 0. The van der Waals surface area contributed by atoms with Crippen molar-refractivity contribution in [1.29, 1.82) is 0 Å². The van der Waals surface area contributed by atoms with Gasteiger partial charge in [0.25, 0.3) is 0 Å². The summed E-state index contributed by atoms with van der Waals surface area (Å²) in [5.74, 6) is -0.150. The number of nitrogens with zero attached hydrogens (tertiary/aromatic N) is 2. The van der Waals surface area contributed by atoms with Gasteiger partial charge in [0.15, 0.2) is 0 Å². The Hall–Kier alpha value is -2.38. The van der Waals surface area contributed by atoms with E-state index in [0.29, 0.717) is 50.5 Å². The van der Waals surface area contributed by atoms with Crippen LogP contribution in [0, 0.1) is 0 Å². The number of anilines is 1. The Bertz CT molecular complexity index is 906. The van der Waals surface area contributed by atoms with Crippen molar-refractivity contribution >= 4 is 21.7 Å². The molecule has 1 heterocycles. The van der Waals surface area contributed by atoms with Crippen molar-refractivity contribution in [2.24, 2.45) is 0 Å². The number of unbranched alkanes of at least 4 members (excludes halogenated alkanes) is 1. The zero-order valence-corrected chi connectivity index (χ0v) is 18.3. The van der Waals surface area contributed by atoms with Gasteiger partial charge in [-0.25, -0.2) is 8.42 Å². The lowest BCUT2D eigenvalue weighted by Gasteiger charge is -2.35. The molecule has 7 heteroatoms. The van der Waals surface area contributed by atoms with Gasteiger partial charge in [-0.05, 0) is 42.7 Å². The molecule has 6 nitrogen and oxygen atoms in total. The third-order valence-corrected chi connectivity index (χ3v) is 7.21. The molecule has 3 rings (SSSR count). The molecule has 1 saturated heterocycles. The Morgan fingerprint density at radius 2 is 1.63 bits per heavy atom. The lowest BCUT2D eigenvalue weighted by Crippen LogP contribution is -2.48. The van der Waals surface area contributed by atoms with Crippen LogP contribution in [-0.4, -0.2) is 51.5 Å². The number of hydrogen-bond acceptors (Lipinski definition) is 5. The molecule has 0 N–H and O–H groups in total. The van der Waals surface area contributed by atoms with E-state index >= 15 is 0 Å². The maximum Gasteiger partial charge on any atom is 0.306 e. The molecule has 1 fully saturated rings. The largest absolute Gasteiger partial charge is 0.466 e. The number of carbonyl (C=O) groups is 1. The molecule has 0 saturated carbocycles. The molecule has 162 valence electrons. The molecule has 2 aromatic carbocycles. The SMILES string of the molecule is CCCCOC(=O)CCc1ccc(N2CCN(S(=O)(=O)c3ccccc3)CC2)cc1. The fraction of sp³-hybridized carbons (Fsp3) is 0.435. The number of sulfonamides is 1. The van der Waals surface area contributed by atoms with Crippen LogP contribution >= 0.6 is 0 Å². The van der Waals surface area contributed by atoms with Crippen molar-refractivity contribution in [2.45, 2.75) is 37.5 Å². The molecule has 2 aromatic rings. The minimum atomic E-state index is -3.44. The van der Waals surface area contributed by atoms with Crippen LogP contribution in [-0.2, 0) is 26.0 Å². The number of rotatable bonds is 9. The number of carbonyl (C=O) groups excluding carboxylic acids is 1. The first kappa shape index (κ1) is 22.3. The van der Waals surface area contributed by atoms with Gasteiger partial charge in [0.2, 0.25) is 10.0 Å². The Balaban J connectivity index is 1.49. The van der Waals surface area contributed by atoms with Gasteiger partial charge < -0.3 is 9.64 Å². The van der Waals surface area contributed by atoms with Crippen molar-refractivity contribution in [1.82, 2.24) is 4.31 Å². The Kier molecular flexibility index (Phi) is 7.87. The zero-order chi connectivity index (χ0) is 21.4. The zero-order valence-electron chi connectivity index (χ0n) is 17.5. The van der Waals surface area contributed by atoms with E-state index in [-0.39, 0.29) is 5.97 Å². The summed E-state index contributed by atoms with van der Waals surface area (Å²) in [6, 6.07) is 16.7. The molecular formula is C23H30N2O4S. The predicted molar refractivity (Wildman–Crippen MR) is 118 cm³/mol. The van der Waals surface area contributed by atoms with Crippen LogP contribution in [0.4, 0.5) is 5.69 Å². The van der Waals surface area contributed by atoms with Crippen LogP contribution in [0.5, 0.6) is 0 Å². The van der Waals surface area contributed by atoms with Gasteiger partial charge in [0, 0.05) is 38.3 Å². The quantitative estimate of drug-likeness (QED) is 0.450. The highest BCUT2D eigenvalue weighted by Gasteiger charge is 2.28. The van der Waals surface area contributed by atoms with E-state index in [0.717, 1.165) is 24.1 Å². The summed E-state index contributed by atoms with van der Waals surface area (Å²) in [7, 11) is -3.44. The van der Waals surface area contributed by atoms with Gasteiger partial charge in [-0.15, -0.1) is 0 Å². The highest BCUT2D eigenvalue weighted by molar-refractivity contribution is 7.89. The van der Waals surface area contributed by atoms with Crippen LogP contribution < -0.4 is 4.90 Å². The predicted octanol–water partition coefficient (Wildman–Crippen LogP) is 3.47. The highest BCUT2D eigenvalue weighted by Crippen LogP contribution is 2.22. The number of ether oxygens (including phenoxy) is 1. The monoisotopic (exact) mass is 430 g/mol. The van der Waals surface area contributed by atoms with Crippen molar-refractivity contribution in [3.05, 3.63) is 60.2 Å². The topological polar surface area (TPSA) is 66.9 Å². The van der Waals surface area contributed by atoms with E-state index in [1.807, 2.05) is 30.3 Å². The van der Waals surface area contributed by atoms with Crippen LogP contribution in [0.1, 0.15) is 31.7 Å². The average molecular weight is 431 g/mol. The summed E-state index contributed by atoms with van der Waals surface area (Å²) < 4.78 is 32.3. The Morgan fingerprint density at radius 1 is 0.967 bits per heavy atom. The van der Waals surface area contributed by atoms with Crippen molar-refractivity contribution in [3.8, 4) is 0 Å². The minimum Gasteiger partial charge on any atom is -0.466 e. The second-order valence-corrected chi connectivity index (χ2v) is 9.38. The second kappa shape index (κ2) is 10.6. The van der Waals surface area contributed by atoms with E-state index in [1.165, 1.54) is 0 Å². The summed E-state index contributed by atoms with van der Waals surface area (Å²) >= 11 is 0. The third-order valence-electron chi connectivity index (χ3n) is 5.30. The maximum atomic E-state index is 12.8. The molecule has 30 heavy (non-hydrogen) atoms. The summed E-state index contributed by atoms with van der Waals surface area (Å²) in [6.45, 7) is 4.78. The molecule has 1 aliphatic rings. The van der Waals surface area contributed by atoms with E-state index in [1.54, 1.807) is 28.6 Å². The van der Waals surface area contributed by atoms with Crippen molar-refractivity contribution in [3.63, 3.8) is 0 Å². The maximum absolute atomic E-state index is 12.8. The molecule has 0 amide bonds. The molecule has 0 unspecified atom stereocenters.